The van der Waals surface area contributed by atoms with Crippen LogP contribution in [0.1, 0.15) is 11.5 Å². The maximum absolute atomic E-state index is 13.0. The molecule has 7 heteroatoms. The van der Waals surface area contributed by atoms with Gasteiger partial charge >= 0.3 is 0 Å². The number of halogens is 1. The predicted molar refractivity (Wildman–Crippen MR) is 107 cm³/mol. The van der Waals surface area contributed by atoms with Crippen molar-refractivity contribution in [2.75, 3.05) is 11.9 Å². The fourth-order valence-electron chi connectivity index (χ4n) is 3.62. The van der Waals surface area contributed by atoms with Crippen LogP contribution in [0.4, 0.5) is 5.69 Å². The molecule has 0 bridgehead atoms. The molecule has 2 aromatic rings. The van der Waals surface area contributed by atoms with E-state index >= 15 is 0 Å². The van der Waals surface area contributed by atoms with E-state index in [0.717, 1.165) is 14.9 Å². The zero-order valence-electron chi connectivity index (χ0n) is 14.9. The smallest absolute Gasteiger partial charge is 0.278 e. The molecule has 4 rings (SSSR count). The van der Waals surface area contributed by atoms with Crippen molar-refractivity contribution in [3.63, 3.8) is 0 Å². The average molecular weight is 435 g/mol. The molecular formula is C21H15BrN4O2. The van der Waals surface area contributed by atoms with Gasteiger partial charge in [-0.1, -0.05) is 46.3 Å². The summed E-state index contributed by atoms with van der Waals surface area (Å²) in [6.07, 6.45) is 0. The van der Waals surface area contributed by atoms with Crippen molar-refractivity contribution in [2.24, 2.45) is 5.73 Å². The topological polar surface area (TPSA) is 90.4 Å². The van der Waals surface area contributed by atoms with Gasteiger partial charge in [0.15, 0.2) is 0 Å². The summed E-state index contributed by atoms with van der Waals surface area (Å²) >= 11 is 3.38. The number of nitriles is 1. The minimum atomic E-state index is -0.686. The Morgan fingerprint density at radius 3 is 2.29 bits per heavy atom. The molecule has 28 heavy (non-hydrogen) atoms. The molecule has 6 nitrogen and oxygen atoms in total. The standard InChI is InChI=1S/C21H15BrN4O2/c1-25-20(27)17-16(12-5-3-2-4-6-12)15(11-23)19(24)26(18(17)21(25)28)14-9-7-13(22)8-10-14/h2-10,16H,24H2,1H3. The monoisotopic (exact) mass is 434 g/mol. The third-order valence-corrected chi connectivity index (χ3v) is 5.48. The summed E-state index contributed by atoms with van der Waals surface area (Å²) < 4.78 is 0.860. The van der Waals surface area contributed by atoms with Crippen LogP contribution in [-0.2, 0) is 9.59 Å². The first kappa shape index (κ1) is 18.0. The highest BCUT2D eigenvalue weighted by Gasteiger charge is 2.48. The van der Waals surface area contributed by atoms with E-state index in [1.165, 1.54) is 11.9 Å². The number of hydrogen-bond donors (Lipinski definition) is 1. The molecule has 2 N–H and O–H groups in total. The molecule has 138 valence electrons. The maximum Gasteiger partial charge on any atom is 0.278 e. The largest absolute Gasteiger partial charge is 0.384 e. The maximum atomic E-state index is 13.0. The van der Waals surface area contributed by atoms with Gasteiger partial charge in [0.2, 0.25) is 0 Å². The molecule has 1 unspecified atom stereocenters. The molecule has 2 heterocycles. The summed E-state index contributed by atoms with van der Waals surface area (Å²) in [5.74, 6) is -1.40. The first-order valence-electron chi connectivity index (χ1n) is 8.52. The summed E-state index contributed by atoms with van der Waals surface area (Å²) in [4.78, 5) is 28.5. The van der Waals surface area contributed by atoms with E-state index in [4.69, 9.17) is 5.73 Å². The molecule has 2 aliphatic heterocycles. The van der Waals surface area contributed by atoms with Gasteiger partial charge in [-0.15, -0.1) is 0 Å². The van der Waals surface area contributed by atoms with Crippen molar-refractivity contribution >= 4 is 33.4 Å². The van der Waals surface area contributed by atoms with Crippen LogP contribution in [0.15, 0.2) is 81.7 Å². The lowest BCUT2D eigenvalue weighted by atomic mass is 9.81. The van der Waals surface area contributed by atoms with E-state index in [0.29, 0.717) is 5.69 Å². The Balaban J connectivity index is 2.01. The van der Waals surface area contributed by atoms with E-state index in [1.54, 1.807) is 12.1 Å². The minimum Gasteiger partial charge on any atom is -0.384 e. The van der Waals surface area contributed by atoms with Crippen LogP contribution in [0.2, 0.25) is 0 Å². The molecule has 2 aliphatic rings. The SMILES string of the molecule is CN1C(=O)C2=C(C1=O)N(c1ccc(Br)cc1)C(N)=C(C#N)C2c1ccccc1. The second kappa shape index (κ2) is 6.66. The van der Waals surface area contributed by atoms with Gasteiger partial charge in [-0.05, 0) is 29.8 Å². The number of nitrogens with zero attached hydrogens (tertiary/aromatic N) is 3. The minimum absolute atomic E-state index is 0.147. The first-order chi connectivity index (χ1) is 13.5. The van der Waals surface area contributed by atoms with Crippen LogP contribution < -0.4 is 10.6 Å². The molecule has 1 atom stereocenters. The zero-order valence-corrected chi connectivity index (χ0v) is 16.5. The summed E-state index contributed by atoms with van der Waals surface area (Å²) in [7, 11) is 1.44. The Bertz CT molecular complexity index is 1100. The Morgan fingerprint density at radius 2 is 1.68 bits per heavy atom. The second-order valence-corrected chi connectivity index (χ2v) is 7.41. The Hall–Kier alpha value is -3.37. The normalized spacial score (nSPS) is 19.2. The van der Waals surface area contributed by atoms with Crippen LogP contribution >= 0.6 is 15.9 Å². The van der Waals surface area contributed by atoms with Gasteiger partial charge in [-0.25, -0.2) is 0 Å². The van der Waals surface area contributed by atoms with Crippen LogP contribution in [-0.4, -0.2) is 23.8 Å². The van der Waals surface area contributed by atoms with Crippen LogP contribution in [0.3, 0.4) is 0 Å². The Labute approximate surface area is 170 Å². The molecule has 0 radical (unpaired) electrons. The molecule has 0 fully saturated rings. The zero-order chi connectivity index (χ0) is 20.0. The van der Waals surface area contributed by atoms with Crippen LogP contribution in [0, 0.1) is 11.3 Å². The molecule has 2 aromatic carbocycles. The highest BCUT2D eigenvalue weighted by molar-refractivity contribution is 9.10. The van der Waals surface area contributed by atoms with Crippen LogP contribution in [0.5, 0.6) is 0 Å². The van der Waals surface area contributed by atoms with Crippen molar-refractivity contribution in [1.82, 2.24) is 4.90 Å². The lowest BCUT2D eigenvalue weighted by Gasteiger charge is -2.33. The number of amides is 2. The van der Waals surface area contributed by atoms with E-state index in [1.807, 2.05) is 42.5 Å². The number of benzene rings is 2. The van der Waals surface area contributed by atoms with Crippen molar-refractivity contribution in [3.05, 3.63) is 87.3 Å². The van der Waals surface area contributed by atoms with Gasteiger partial charge in [0.25, 0.3) is 11.8 Å². The van der Waals surface area contributed by atoms with Gasteiger partial charge in [0.05, 0.1) is 23.1 Å². The Morgan fingerprint density at radius 1 is 1.04 bits per heavy atom. The highest BCUT2D eigenvalue weighted by atomic mass is 79.9. The van der Waals surface area contributed by atoms with Crippen molar-refractivity contribution < 1.29 is 9.59 Å². The van der Waals surface area contributed by atoms with Gasteiger partial charge in [-0.2, -0.15) is 5.26 Å². The van der Waals surface area contributed by atoms with Gasteiger partial charge in [-0.3, -0.25) is 19.4 Å². The quantitative estimate of drug-likeness (QED) is 0.733. The highest BCUT2D eigenvalue weighted by Crippen LogP contribution is 2.45. The second-order valence-electron chi connectivity index (χ2n) is 6.50. The van der Waals surface area contributed by atoms with Crippen LogP contribution in [0.25, 0.3) is 0 Å². The lowest BCUT2D eigenvalue weighted by Crippen LogP contribution is -2.37. The first-order valence-corrected chi connectivity index (χ1v) is 9.32. The van der Waals surface area contributed by atoms with E-state index < -0.39 is 17.7 Å². The summed E-state index contributed by atoms with van der Waals surface area (Å²) in [6.45, 7) is 0. The number of imide groups is 1. The number of hydrogen-bond acceptors (Lipinski definition) is 5. The Kier molecular flexibility index (Phi) is 4.28. The third-order valence-electron chi connectivity index (χ3n) is 4.95. The third kappa shape index (κ3) is 2.53. The number of likely N-dealkylation sites (N-methyl/N-ethyl adjacent to an activating group) is 1. The van der Waals surface area contributed by atoms with Crippen molar-refractivity contribution in [3.8, 4) is 6.07 Å². The number of carbonyl (C=O) groups excluding carboxylic acids is 2. The van der Waals surface area contributed by atoms with Gasteiger partial charge < -0.3 is 5.73 Å². The van der Waals surface area contributed by atoms with Gasteiger partial charge in [0, 0.05) is 17.2 Å². The average Bonchev–Trinajstić information content (AvgIpc) is 2.93. The van der Waals surface area contributed by atoms with E-state index in [9.17, 15) is 14.9 Å². The number of nitrogens with two attached hydrogens (primary N) is 1. The summed E-state index contributed by atoms with van der Waals surface area (Å²) in [5, 5.41) is 9.89. The predicted octanol–water partition coefficient (Wildman–Crippen LogP) is 3.00. The molecule has 0 saturated heterocycles. The van der Waals surface area contributed by atoms with Crippen molar-refractivity contribution in [1.29, 1.82) is 5.26 Å². The molecular weight excluding hydrogens is 420 g/mol. The summed E-state index contributed by atoms with van der Waals surface area (Å²) in [6, 6.07) is 18.5. The molecule has 0 aromatic heterocycles. The molecule has 0 spiro atoms. The number of carbonyl (C=O) groups is 2. The number of rotatable bonds is 2. The molecule has 0 aliphatic carbocycles. The van der Waals surface area contributed by atoms with Gasteiger partial charge in [0.1, 0.15) is 11.5 Å². The van der Waals surface area contributed by atoms with Crippen molar-refractivity contribution in [2.45, 2.75) is 5.92 Å². The van der Waals surface area contributed by atoms with E-state index in [-0.39, 0.29) is 22.7 Å². The summed E-state index contributed by atoms with van der Waals surface area (Å²) in [5.41, 5.74) is 8.44. The number of anilines is 1. The fourth-order valence-corrected chi connectivity index (χ4v) is 3.88. The number of allylic oxidation sites excluding steroid dienone is 1. The van der Waals surface area contributed by atoms with E-state index in [2.05, 4.69) is 22.0 Å². The fraction of sp³-hybridized carbons (Fsp3) is 0.0952. The molecule has 0 saturated carbocycles. The molecule has 2 amide bonds. The lowest BCUT2D eigenvalue weighted by molar-refractivity contribution is -0.136.